The molecule has 1 fully saturated rings. The van der Waals surface area contributed by atoms with E-state index in [1.807, 2.05) is 39.3 Å². The first-order valence-electron chi connectivity index (χ1n) is 9.57. The highest BCUT2D eigenvalue weighted by atomic mass is 16.6. The van der Waals surface area contributed by atoms with E-state index >= 15 is 0 Å². The maximum Gasteiger partial charge on any atom is 0.410 e. The van der Waals surface area contributed by atoms with Gasteiger partial charge in [-0.05, 0) is 34.1 Å². The fourth-order valence-electron chi connectivity index (χ4n) is 2.51. The van der Waals surface area contributed by atoms with Crippen LogP contribution >= 0.6 is 0 Å². The van der Waals surface area contributed by atoms with E-state index in [0.717, 1.165) is 37.0 Å². The van der Waals surface area contributed by atoms with Crippen molar-refractivity contribution < 1.29 is 9.53 Å². The lowest BCUT2D eigenvalue weighted by Gasteiger charge is -2.40. The Kier molecular flexibility index (Phi) is 7.04. The molecule has 152 valence electrons. The fourth-order valence-corrected chi connectivity index (χ4v) is 2.51. The second kappa shape index (κ2) is 9.05. The molecule has 1 aliphatic heterocycles. The van der Waals surface area contributed by atoms with Gasteiger partial charge in [0.15, 0.2) is 11.8 Å². The molecule has 0 aliphatic carbocycles. The molecule has 0 radical (unpaired) electrons. The van der Waals surface area contributed by atoms with Gasteiger partial charge in [0, 0.05) is 26.7 Å². The van der Waals surface area contributed by atoms with Crippen LogP contribution in [-0.4, -0.2) is 63.0 Å². The van der Waals surface area contributed by atoms with Crippen molar-refractivity contribution in [3.05, 3.63) is 11.6 Å². The Bertz CT molecular complexity index is 657. The second-order valence-electron chi connectivity index (χ2n) is 7.89. The SMILES string of the molecule is CCCCNC(=NCc1nnc(C)n1C)NC1CN(C(=O)OC(C)(C)C)C1. The number of aromatic nitrogens is 3. The van der Waals surface area contributed by atoms with E-state index in [1.165, 1.54) is 0 Å². The van der Waals surface area contributed by atoms with E-state index in [9.17, 15) is 4.79 Å². The maximum absolute atomic E-state index is 12.0. The number of hydrogen-bond donors (Lipinski definition) is 2. The van der Waals surface area contributed by atoms with Gasteiger partial charge in [-0.2, -0.15) is 0 Å². The van der Waals surface area contributed by atoms with Crippen LogP contribution in [0.25, 0.3) is 0 Å². The molecule has 0 spiro atoms. The Labute approximate surface area is 161 Å². The fraction of sp³-hybridized carbons (Fsp3) is 0.778. The van der Waals surface area contributed by atoms with E-state index in [1.54, 1.807) is 4.90 Å². The summed E-state index contributed by atoms with van der Waals surface area (Å²) in [4.78, 5) is 18.4. The standard InChI is InChI=1S/C18H33N7O2/c1-7-8-9-19-16(20-10-15-23-22-13(2)24(15)6)21-14-11-25(12-14)17(26)27-18(3,4)5/h14H,7-12H2,1-6H3,(H2,19,20,21). The molecule has 2 heterocycles. The number of guanidine groups is 1. The minimum absolute atomic E-state index is 0.159. The van der Waals surface area contributed by atoms with Crippen molar-refractivity contribution in [2.24, 2.45) is 12.0 Å². The number of hydrogen-bond acceptors (Lipinski definition) is 5. The summed E-state index contributed by atoms with van der Waals surface area (Å²) in [6, 6.07) is 0.159. The van der Waals surface area contributed by atoms with Gasteiger partial charge in [0.1, 0.15) is 18.0 Å². The topological polar surface area (TPSA) is 96.7 Å². The van der Waals surface area contributed by atoms with Crippen LogP contribution in [0.15, 0.2) is 4.99 Å². The molecule has 2 N–H and O–H groups in total. The third-order valence-corrected chi connectivity index (χ3v) is 4.26. The lowest BCUT2D eigenvalue weighted by atomic mass is 10.1. The zero-order valence-electron chi connectivity index (χ0n) is 17.4. The monoisotopic (exact) mass is 379 g/mol. The van der Waals surface area contributed by atoms with Gasteiger partial charge < -0.3 is 24.8 Å². The summed E-state index contributed by atoms with van der Waals surface area (Å²) < 4.78 is 7.32. The summed E-state index contributed by atoms with van der Waals surface area (Å²) in [7, 11) is 1.93. The van der Waals surface area contributed by atoms with Crippen molar-refractivity contribution in [1.29, 1.82) is 0 Å². The summed E-state index contributed by atoms with van der Waals surface area (Å²) in [5, 5.41) is 14.9. The van der Waals surface area contributed by atoms with Gasteiger partial charge in [0.25, 0.3) is 0 Å². The molecule has 1 aromatic heterocycles. The maximum atomic E-state index is 12.0. The Morgan fingerprint density at radius 2 is 2.04 bits per heavy atom. The van der Waals surface area contributed by atoms with E-state index in [0.29, 0.717) is 19.6 Å². The molecule has 1 aliphatic rings. The number of aliphatic imine (C=N–C) groups is 1. The van der Waals surface area contributed by atoms with Crippen molar-refractivity contribution >= 4 is 12.1 Å². The molecule has 0 bridgehead atoms. The van der Waals surface area contributed by atoms with Crippen LogP contribution in [0, 0.1) is 6.92 Å². The molecule has 0 saturated carbocycles. The molecule has 27 heavy (non-hydrogen) atoms. The summed E-state index contributed by atoms with van der Waals surface area (Å²) in [6.45, 7) is 12.2. The van der Waals surface area contributed by atoms with Gasteiger partial charge >= 0.3 is 6.09 Å². The number of aryl methyl sites for hydroxylation is 1. The lowest BCUT2D eigenvalue weighted by Crippen LogP contribution is -2.63. The molecule has 1 amide bonds. The van der Waals surface area contributed by atoms with Crippen LogP contribution < -0.4 is 10.6 Å². The quantitative estimate of drug-likeness (QED) is 0.442. The number of carbonyl (C=O) groups is 1. The summed E-state index contributed by atoms with van der Waals surface area (Å²) in [5.74, 6) is 2.41. The molecule has 0 aromatic carbocycles. The van der Waals surface area contributed by atoms with Crippen LogP contribution in [0.3, 0.4) is 0 Å². The number of rotatable bonds is 6. The molecule has 1 saturated heterocycles. The highest BCUT2D eigenvalue weighted by Crippen LogP contribution is 2.15. The van der Waals surface area contributed by atoms with Crippen LogP contribution in [0.1, 0.15) is 52.2 Å². The number of nitrogens with zero attached hydrogens (tertiary/aromatic N) is 5. The van der Waals surface area contributed by atoms with Gasteiger partial charge in [-0.3, -0.25) is 0 Å². The zero-order chi connectivity index (χ0) is 20.0. The van der Waals surface area contributed by atoms with Crippen molar-refractivity contribution in [2.45, 2.75) is 65.6 Å². The molecule has 0 atom stereocenters. The highest BCUT2D eigenvalue weighted by molar-refractivity contribution is 5.80. The Morgan fingerprint density at radius 3 is 2.59 bits per heavy atom. The van der Waals surface area contributed by atoms with E-state index in [4.69, 9.17) is 4.74 Å². The van der Waals surface area contributed by atoms with Crippen molar-refractivity contribution in [2.75, 3.05) is 19.6 Å². The number of ether oxygens (including phenoxy) is 1. The molecular weight excluding hydrogens is 346 g/mol. The minimum Gasteiger partial charge on any atom is -0.444 e. The van der Waals surface area contributed by atoms with Crippen LogP contribution in [-0.2, 0) is 18.3 Å². The molecule has 2 rings (SSSR count). The Morgan fingerprint density at radius 1 is 1.33 bits per heavy atom. The van der Waals surface area contributed by atoms with E-state index < -0.39 is 5.60 Å². The third kappa shape index (κ3) is 6.41. The number of unbranched alkanes of at least 4 members (excludes halogenated alkanes) is 1. The zero-order valence-corrected chi connectivity index (χ0v) is 17.4. The van der Waals surface area contributed by atoms with Gasteiger partial charge in [-0.1, -0.05) is 13.3 Å². The molecule has 1 aromatic rings. The van der Waals surface area contributed by atoms with Gasteiger partial charge in [-0.15, -0.1) is 10.2 Å². The minimum atomic E-state index is -0.474. The highest BCUT2D eigenvalue weighted by Gasteiger charge is 2.34. The Hall–Kier alpha value is -2.32. The van der Waals surface area contributed by atoms with Crippen LogP contribution in [0.5, 0.6) is 0 Å². The van der Waals surface area contributed by atoms with E-state index in [-0.39, 0.29) is 12.1 Å². The summed E-state index contributed by atoms with van der Waals surface area (Å²) >= 11 is 0. The first kappa shape index (κ1) is 21.0. The van der Waals surface area contributed by atoms with Crippen molar-refractivity contribution in [3.8, 4) is 0 Å². The molecule has 9 heteroatoms. The predicted octanol–water partition coefficient (Wildman–Crippen LogP) is 1.58. The first-order valence-corrected chi connectivity index (χ1v) is 9.57. The average Bonchev–Trinajstić information content (AvgIpc) is 2.85. The van der Waals surface area contributed by atoms with Crippen LogP contribution in [0.2, 0.25) is 0 Å². The molecular formula is C18H33N7O2. The number of likely N-dealkylation sites (tertiary alicyclic amines) is 1. The average molecular weight is 380 g/mol. The molecule has 9 nitrogen and oxygen atoms in total. The number of carbonyl (C=O) groups excluding carboxylic acids is 1. The smallest absolute Gasteiger partial charge is 0.410 e. The third-order valence-electron chi connectivity index (χ3n) is 4.26. The number of amides is 1. The Balaban J connectivity index is 1.89. The van der Waals surface area contributed by atoms with E-state index in [2.05, 4.69) is 32.7 Å². The normalized spacial score (nSPS) is 15.5. The van der Waals surface area contributed by atoms with Crippen molar-refractivity contribution in [3.63, 3.8) is 0 Å². The number of nitrogens with one attached hydrogen (secondary N) is 2. The second-order valence-corrected chi connectivity index (χ2v) is 7.89. The van der Waals surface area contributed by atoms with Gasteiger partial charge in [0.05, 0.1) is 6.04 Å². The predicted molar refractivity (Wildman–Crippen MR) is 105 cm³/mol. The molecule has 0 unspecified atom stereocenters. The van der Waals surface area contributed by atoms with Crippen LogP contribution in [0.4, 0.5) is 4.79 Å². The summed E-state index contributed by atoms with van der Waals surface area (Å²) in [6.07, 6.45) is 1.91. The first-order chi connectivity index (χ1) is 12.7. The van der Waals surface area contributed by atoms with Gasteiger partial charge in [0.2, 0.25) is 0 Å². The lowest BCUT2D eigenvalue weighted by molar-refractivity contribution is 0.00700. The van der Waals surface area contributed by atoms with Gasteiger partial charge in [-0.25, -0.2) is 9.79 Å². The summed E-state index contributed by atoms with van der Waals surface area (Å²) in [5.41, 5.74) is -0.474. The van der Waals surface area contributed by atoms with Crippen molar-refractivity contribution in [1.82, 2.24) is 30.3 Å². The largest absolute Gasteiger partial charge is 0.444 e.